The maximum Gasteiger partial charge on any atom is 0.241 e. The van der Waals surface area contributed by atoms with Crippen molar-refractivity contribution >= 4 is 22.5 Å². The van der Waals surface area contributed by atoms with Crippen molar-refractivity contribution < 1.29 is 4.79 Å². The first-order valence-corrected chi connectivity index (χ1v) is 7.31. The summed E-state index contributed by atoms with van der Waals surface area (Å²) in [4.78, 5) is 11.9. The number of carbonyl (C=O) groups is 1. The average Bonchev–Trinajstić information content (AvgIpc) is 2.82. The Kier molecular flexibility index (Phi) is 4.79. The molecule has 1 aromatic carbocycles. The first-order valence-electron chi connectivity index (χ1n) is 7.31. The number of benzene rings is 1. The summed E-state index contributed by atoms with van der Waals surface area (Å²) in [5.74, 6) is -0.112. The van der Waals surface area contributed by atoms with Crippen LogP contribution in [0.5, 0.6) is 0 Å². The molecule has 0 spiro atoms. The molecule has 108 valence electrons. The van der Waals surface area contributed by atoms with Gasteiger partial charge >= 0.3 is 0 Å². The third-order valence-corrected chi connectivity index (χ3v) is 3.44. The van der Waals surface area contributed by atoms with Crippen LogP contribution in [0.15, 0.2) is 30.5 Å². The molecule has 1 atom stereocenters. The van der Waals surface area contributed by atoms with E-state index < -0.39 is 6.04 Å². The van der Waals surface area contributed by atoms with Crippen molar-refractivity contribution in [2.24, 2.45) is 5.73 Å². The summed E-state index contributed by atoms with van der Waals surface area (Å²) in [6, 6.07) is 7.63. The molecule has 1 heterocycles. The number of anilines is 1. The van der Waals surface area contributed by atoms with Gasteiger partial charge in [0.05, 0.1) is 6.04 Å². The van der Waals surface area contributed by atoms with Crippen molar-refractivity contribution in [3.05, 3.63) is 30.5 Å². The molecular weight excluding hydrogens is 250 g/mol. The van der Waals surface area contributed by atoms with Crippen molar-refractivity contribution in [1.29, 1.82) is 0 Å². The molecule has 1 amide bonds. The predicted molar refractivity (Wildman–Crippen MR) is 83.7 cm³/mol. The molecule has 0 aliphatic rings. The van der Waals surface area contributed by atoms with Gasteiger partial charge in [-0.25, -0.2) is 0 Å². The van der Waals surface area contributed by atoms with Crippen LogP contribution in [0.2, 0.25) is 0 Å². The Bertz CT molecular complexity index is 588. The first kappa shape index (κ1) is 14.6. The predicted octanol–water partition coefficient (Wildman–Crippen LogP) is 3.12. The number of hydrogen-bond donors (Lipinski definition) is 2. The standard InChI is InChI=1S/C16H23N3O/c1-3-5-14(17)16(20)18-13-6-7-15-12(11-13)8-10-19(15)9-4-2/h6-8,10-11,14H,3-5,9,17H2,1-2H3,(H,18,20). The van der Waals surface area contributed by atoms with Crippen LogP contribution in [-0.4, -0.2) is 16.5 Å². The Hall–Kier alpha value is -1.81. The average molecular weight is 273 g/mol. The molecule has 1 unspecified atom stereocenters. The number of amides is 1. The third-order valence-electron chi connectivity index (χ3n) is 3.44. The van der Waals surface area contributed by atoms with Crippen LogP contribution < -0.4 is 11.1 Å². The minimum absolute atomic E-state index is 0.112. The highest BCUT2D eigenvalue weighted by molar-refractivity contribution is 5.96. The Morgan fingerprint density at radius 1 is 1.30 bits per heavy atom. The summed E-state index contributed by atoms with van der Waals surface area (Å²) >= 11 is 0. The zero-order valence-corrected chi connectivity index (χ0v) is 12.2. The van der Waals surface area contributed by atoms with Gasteiger partial charge in [0.15, 0.2) is 0 Å². The number of nitrogens with zero attached hydrogens (tertiary/aromatic N) is 1. The maximum atomic E-state index is 11.9. The van der Waals surface area contributed by atoms with Gasteiger partial charge in [0.25, 0.3) is 0 Å². The van der Waals surface area contributed by atoms with Gasteiger partial charge in [-0.2, -0.15) is 0 Å². The van der Waals surface area contributed by atoms with E-state index in [0.717, 1.165) is 30.5 Å². The lowest BCUT2D eigenvalue weighted by Crippen LogP contribution is -2.35. The molecule has 0 radical (unpaired) electrons. The largest absolute Gasteiger partial charge is 0.347 e. The van der Waals surface area contributed by atoms with E-state index in [1.165, 1.54) is 5.52 Å². The molecule has 3 N–H and O–H groups in total. The van der Waals surface area contributed by atoms with Crippen LogP contribution in [0.4, 0.5) is 5.69 Å². The fourth-order valence-electron chi connectivity index (χ4n) is 2.39. The van der Waals surface area contributed by atoms with Crippen LogP contribution in [0.3, 0.4) is 0 Å². The second-order valence-electron chi connectivity index (χ2n) is 5.17. The first-order chi connectivity index (χ1) is 9.65. The number of aryl methyl sites for hydroxylation is 1. The van der Waals surface area contributed by atoms with E-state index in [2.05, 4.69) is 29.1 Å². The van der Waals surface area contributed by atoms with Crippen molar-refractivity contribution in [2.45, 2.75) is 45.7 Å². The van der Waals surface area contributed by atoms with Crippen LogP contribution in [0.25, 0.3) is 10.9 Å². The van der Waals surface area contributed by atoms with E-state index in [1.807, 2.05) is 25.1 Å². The third kappa shape index (κ3) is 3.20. The van der Waals surface area contributed by atoms with E-state index in [-0.39, 0.29) is 5.91 Å². The summed E-state index contributed by atoms with van der Waals surface area (Å²) in [5, 5.41) is 4.03. The Labute approximate surface area is 120 Å². The van der Waals surface area contributed by atoms with E-state index >= 15 is 0 Å². The van der Waals surface area contributed by atoms with E-state index in [9.17, 15) is 4.79 Å². The second-order valence-corrected chi connectivity index (χ2v) is 5.17. The second kappa shape index (κ2) is 6.57. The SMILES string of the molecule is CCCC(N)C(=O)Nc1ccc2c(ccn2CCC)c1. The Balaban J connectivity index is 2.14. The zero-order valence-electron chi connectivity index (χ0n) is 12.2. The topological polar surface area (TPSA) is 60.1 Å². The molecule has 20 heavy (non-hydrogen) atoms. The van der Waals surface area contributed by atoms with Crippen LogP contribution in [0, 0.1) is 0 Å². The normalized spacial score (nSPS) is 12.6. The molecule has 1 aromatic heterocycles. The van der Waals surface area contributed by atoms with Gasteiger partial charge in [-0.1, -0.05) is 20.3 Å². The number of aromatic nitrogens is 1. The Morgan fingerprint density at radius 3 is 2.80 bits per heavy atom. The van der Waals surface area contributed by atoms with Crippen molar-refractivity contribution in [3.8, 4) is 0 Å². The number of nitrogens with one attached hydrogen (secondary N) is 1. The summed E-state index contributed by atoms with van der Waals surface area (Å²) < 4.78 is 2.23. The van der Waals surface area contributed by atoms with Crippen LogP contribution in [-0.2, 0) is 11.3 Å². The number of hydrogen-bond acceptors (Lipinski definition) is 2. The molecule has 0 saturated carbocycles. The fraction of sp³-hybridized carbons (Fsp3) is 0.438. The molecule has 2 rings (SSSR count). The number of rotatable bonds is 6. The van der Waals surface area contributed by atoms with Crippen LogP contribution >= 0.6 is 0 Å². The molecule has 4 nitrogen and oxygen atoms in total. The number of fused-ring (bicyclic) bond motifs is 1. The molecule has 0 aliphatic heterocycles. The number of carbonyl (C=O) groups excluding carboxylic acids is 1. The van der Waals surface area contributed by atoms with Gasteiger partial charge < -0.3 is 15.6 Å². The van der Waals surface area contributed by atoms with Crippen molar-refractivity contribution in [1.82, 2.24) is 4.57 Å². The smallest absolute Gasteiger partial charge is 0.241 e. The molecule has 2 aromatic rings. The van der Waals surface area contributed by atoms with Gasteiger partial charge in [-0.3, -0.25) is 4.79 Å². The molecule has 0 saturated heterocycles. The van der Waals surface area contributed by atoms with E-state index in [1.54, 1.807) is 0 Å². The highest BCUT2D eigenvalue weighted by Crippen LogP contribution is 2.21. The summed E-state index contributed by atoms with van der Waals surface area (Å²) in [7, 11) is 0. The highest BCUT2D eigenvalue weighted by Gasteiger charge is 2.12. The van der Waals surface area contributed by atoms with Crippen molar-refractivity contribution in [3.63, 3.8) is 0 Å². The van der Waals surface area contributed by atoms with E-state index in [4.69, 9.17) is 5.73 Å². The van der Waals surface area contributed by atoms with Gasteiger partial charge in [0.2, 0.25) is 5.91 Å². The molecule has 4 heteroatoms. The molecule has 0 fully saturated rings. The Morgan fingerprint density at radius 2 is 2.10 bits per heavy atom. The van der Waals surface area contributed by atoms with Crippen molar-refractivity contribution in [2.75, 3.05) is 5.32 Å². The minimum atomic E-state index is -0.430. The highest BCUT2D eigenvalue weighted by atomic mass is 16.2. The zero-order chi connectivity index (χ0) is 14.5. The summed E-state index contributed by atoms with van der Waals surface area (Å²) in [6.07, 6.45) is 4.81. The molecule has 0 bridgehead atoms. The number of nitrogens with two attached hydrogens (primary N) is 1. The minimum Gasteiger partial charge on any atom is -0.347 e. The fourth-order valence-corrected chi connectivity index (χ4v) is 2.39. The van der Waals surface area contributed by atoms with Gasteiger partial charge in [-0.05, 0) is 37.1 Å². The monoisotopic (exact) mass is 273 g/mol. The summed E-state index contributed by atoms with van der Waals surface area (Å²) in [6.45, 7) is 5.20. The lowest BCUT2D eigenvalue weighted by atomic mass is 10.1. The lowest BCUT2D eigenvalue weighted by molar-refractivity contribution is -0.117. The summed E-state index contributed by atoms with van der Waals surface area (Å²) in [5.41, 5.74) is 7.82. The van der Waals surface area contributed by atoms with E-state index in [0.29, 0.717) is 6.42 Å². The molecule has 0 aliphatic carbocycles. The van der Waals surface area contributed by atoms with Gasteiger partial charge in [0, 0.05) is 29.3 Å². The van der Waals surface area contributed by atoms with Crippen LogP contribution in [0.1, 0.15) is 33.1 Å². The lowest BCUT2D eigenvalue weighted by Gasteiger charge is -2.11. The van der Waals surface area contributed by atoms with Gasteiger partial charge in [-0.15, -0.1) is 0 Å². The maximum absolute atomic E-state index is 11.9. The van der Waals surface area contributed by atoms with Gasteiger partial charge in [0.1, 0.15) is 0 Å². The quantitative estimate of drug-likeness (QED) is 0.849. The molecular formula is C16H23N3O.